The van der Waals surface area contributed by atoms with E-state index >= 15 is 0 Å². The molecule has 0 nitrogen and oxygen atoms in total. The van der Waals surface area contributed by atoms with Crippen LogP contribution in [0.15, 0.2) is 0 Å². The second-order valence-electron chi connectivity index (χ2n) is 5.89. The fourth-order valence-corrected chi connectivity index (χ4v) is 2.74. The highest BCUT2D eigenvalue weighted by atomic mass is 14.4. The predicted octanol–water partition coefficient (Wildman–Crippen LogP) is 5.67. The average molecular weight is 212 g/mol. The first-order valence-corrected chi connectivity index (χ1v) is 6.98. The molecule has 0 heteroatoms. The second kappa shape index (κ2) is 7.30. The van der Waals surface area contributed by atoms with Crippen LogP contribution in [-0.2, 0) is 0 Å². The summed E-state index contributed by atoms with van der Waals surface area (Å²) in [7, 11) is 0. The van der Waals surface area contributed by atoms with Crippen molar-refractivity contribution in [3.8, 4) is 0 Å². The molecule has 2 unspecified atom stereocenters. The summed E-state index contributed by atoms with van der Waals surface area (Å²) in [6.45, 7) is 14.3. The van der Waals surface area contributed by atoms with Gasteiger partial charge in [-0.1, -0.05) is 67.2 Å². The molecule has 0 heterocycles. The molecule has 0 fully saturated rings. The Morgan fingerprint density at radius 1 is 0.867 bits per heavy atom. The fourth-order valence-electron chi connectivity index (χ4n) is 2.74. The van der Waals surface area contributed by atoms with E-state index in [2.05, 4.69) is 41.5 Å². The minimum Gasteiger partial charge on any atom is -0.0654 e. The Labute approximate surface area is 97.8 Å². The van der Waals surface area contributed by atoms with E-state index < -0.39 is 0 Å². The molecule has 0 aliphatic heterocycles. The number of hydrogen-bond donors (Lipinski definition) is 0. The SMILES string of the molecule is CCCCCC(C)(CCC)C(C)C(C)C. The molecule has 0 bridgehead atoms. The van der Waals surface area contributed by atoms with E-state index in [0.29, 0.717) is 5.41 Å². The Morgan fingerprint density at radius 3 is 1.87 bits per heavy atom. The summed E-state index contributed by atoms with van der Waals surface area (Å²) in [6, 6.07) is 0. The van der Waals surface area contributed by atoms with Gasteiger partial charge < -0.3 is 0 Å². The van der Waals surface area contributed by atoms with Crippen LogP contribution in [0.2, 0.25) is 0 Å². The lowest BCUT2D eigenvalue weighted by Crippen LogP contribution is -2.29. The molecule has 0 aliphatic carbocycles. The van der Waals surface area contributed by atoms with Gasteiger partial charge >= 0.3 is 0 Å². The van der Waals surface area contributed by atoms with E-state index in [1.807, 2.05) is 0 Å². The molecule has 0 saturated heterocycles. The zero-order chi connectivity index (χ0) is 11.9. The molecule has 0 spiro atoms. The van der Waals surface area contributed by atoms with Crippen molar-refractivity contribution in [3.05, 3.63) is 0 Å². The van der Waals surface area contributed by atoms with E-state index in [4.69, 9.17) is 0 Å². The molecule has 0 N–H and O–H groups in total. The van der Waals surface area contributed by atoms with E-state index in [0.717, 1.165) is 11.8 Å². The zero-order valence-corrected chi connectivity index (χ0v) is 11.9. The van der Waals surface area contributed by atoms with Gasteiger partial charge in [0.15, 0.2) is 0 Å². The fraction of sp³-hybridized carbons (Fsp3) is 1.00. The molecule has 92 valence electrons. The first-order chi connectivity index (χ1) is 6.98. The van der Waals surface area contributed by atoms with Gasteiger partial charge in [-0.2, -0.15) is 0 Å². The molecule has 0 radical (unpaired) electrons. The Balaban J connectivity index is 4.29. The largest absolute Gasteiger partial charge is 0.0654 e. The van der Waals surface area contributed by atoms with Crippen LogP contribution in [0.5, 0.6) is 0 Å². The van der Waals surface area contributed by atoms with Gasteiger partial charge in [0.25, 0.3) is 0 Å². The maximum atomic E-state index is 2.51. The summed E-state index contributed by atoms with van der Waals surface area (Å²) in [4.78, 5) is 0. The summed E-state index contributed by atoms with van der Waals surface area (Å²) in [5.41, 5.74) is 0.581. The highest BCUT2D eigenvalue weighted by Crippen LogP contribution is 2.41. The summed E-state index contributed by atoms with van der Waals surface area (Å²) < 4.78 is 0. The van der Waals surface area contributed by atoms with Crippen molar-refractivity contribution in [2.75, 3.05) is 0 Å². The molecule has 0 saturated carbocycles. The van der Waals surface area contributed by atoms with Gasteiger partial charge in [0.05, 0.1) is 0 Å². The maximum absolute atomic E-state index is 2.51. The first kappa shape index (κ1) is 15.0. The molecule has 0 aromatic rings. The van der Waals surface area contributed by atoms with Crippen LogP contribution in [-0.4, -0.2) is 0 Å². The lowest BCUT2D eigenvalue weighted by atomic mass is 9.67. The van der Waals surface area contributed by atoms with Crippen LogP contribution in [0.4, 0.5) is 0 Å². The summed E-state index contributed by atoms with van der Waals surface area (Å²) in [5.74, 6) is 1.68. The third-order valence-corrected chi connectivity index (χ3v) is 4.27. The highest BCUT2D eigenvalue weighted by Gasteiger charge is 2.31. The molecule has 15 heavy (non-hydrogen) atoms. The minimum atomic E-state index is 0.581. The van der Waals surface area contributed by atoms with Crippen LogP contribution in [0.1, 0.15) is 80.1 Å². The van der Waals surface area contributed by atoms with Crippen LogP contribution >= 0.6 is 0 Å². The van der Waals surface area contributed by atoms with Gasteiger partial charge in [-0.05, 0) is 30.1 Å². The van der Waals surface area contributed by atoms with E-state index in [-0.39, 0.29) is 0 Å². The maximum Gasteiger partial charge on any atom is -0.0298 e. The standard InChI is InChI=1S/C15H32/c1-7-9-10-12-15(6,11-8-2)14(5)13(3)4/h13-14H,7-12H2,1-6H3. The van der Waals surface area contributed by atoms with Crippen LogP contribution < -0.4 is 0 Å². The Morgan fingerprint density at radius 2 is 1.47 bits per heavy atom. The lowest BCUT2D eigenvalue weighted by Gasteiger charge is -2.38. The highest BCUT2D eigenvalue weighted by molar-refractivity contribution is 4.81. The number of rotatable bonds is 8. The van der Waals surface area contributed by atoms with Crippen molar-refractivity contribution < 1.29 is 0 Å². The van der Waals surface area contributed by atoms with E-state index in [1.165, 1.54) is 38.5 Å². The summed E-state index contributed by atoms with van der Waals surface area (Å²) in [6.07, 6.45) is 8.33. The molecular weight excluding hydrogens is 180 g/mol. The normalized spacial score (nSPS) is 17.8. The molecule has 2 atom stereocenters. The Bertz CT molecular complexity index is 148. The number of hydrogen-bond acceptors (Lipinski definition) is 0. The van der Waals surface area contributed by atoms with Gasteiger partial charge in [-0.3, -0.25) is 0 Å². The van der Waals surface area contributed by atoms with Crippen molar-refractivity contribution in [1.82, 2.24) is 0 Å². The Kier molecular flexibility index (Phi) is 7.30. The smallest absolute Gasteiger partial charge is 0.0298 e. The third kappa shape index (κ3) is 5.04. The van der Waals surface area contributed by atoms with Gasteiger partial charge in [-0.15, -0.1) is 0 Å². The molecular formula is C15H32. The van der Waals surface area contributed by atoms with E-state index in [9.17, 15) is 0 Å². The monoisotopic (exact) mass is 212 g/mol. The summed E-state index contributed by atoms with van der Waals surface area (Å²) in [5, 5.41) is 0. The predicted molar refractivity (Wildman–Crippen MR) is 71.2 cm³/mol. The molecule has 0 rings (SSSR count). The molecule has 0 aromatic carbocycles. The van der Waals surface area contributed by atoms with Crippen LogP contribution in [0, 0.1) is 17.3 Å². The molecule has 0 aliphatic rings. The number of unbranched alkanes of at least 4 members (excludes halogenated alkanes) is 2. The Hall–Kier alpha value is 0. The lowest BCUT2D eigenvalue weighted by molar-refractivity contribution is 0.119. The van der Waals surface area contributed by atoms with Crippen LogP contribution in [0.3, 0.4) is 0 Å². The molecule has 0 aromatic heterocycles. The van der Waals surface area contributed by atoms with Crippen molar-refractivity contribution in [2.24, 2.45) is 17.3 Å². The second-order valence-corrected chi connectivity index (χ2v) is 5.89. The van der Waals surface area contributed by atoms with Crippen molar-refractivity contribution in [1.29, 1.82) is 0 Å². The van der Waals surface area contributed by atoms with E-state index in [1.54, 1.807) is 0 Å². The topological polar surface area (TPSA) is 0 Å². The first-order valence-electron chi connectivity index (χ1n) is 6.98. The zero-order valence-electron chi connectivity index (χ0n) is 11.9. The average Bonchev–Trinajstić information content (AvgIpc) is 2.17. The van der Waals surface area contributed by atoms with Gasteiger partial charge in [-0.25, -0.2) is 0 Å². The van der Waals surface area contributed by atoms with Gasteiger partial charge in [0, 0.05) is 0 Å². The third-order valence-electron chi connectivity index (χ3n) is 4.27. The van der Waals surface area contributed by atoms with Gasteiger partial charge in [0.2, 0.25) is 0 Å². The van der Waals surface area contributed by atoms with Crippen molar-refractivity contribution in [3.63, 3.8) is 0 Å². The van der Waals surface area contributed by atoms with Crippen LogP contribution in [0.25, 0.3) is 0 Å². The van der Waals surface area contributed by atoms with Crippen molar-refractivity contribution >= 4 is 0 Å². The van der Waals surface area contributed by atoms with Gasteiger partial charge in [0.1, 0.15) is 0 Å². The summed E-state index contributed by atoms with van der Waals surface area (Å²) >= 11 is 0. The molecule has 0 amide bonds. The van der Waals surface area contributed by atoms with Crippen molar-refractivity contribution in [2.45, 2.75) is 80.1 Å². The minimum absolute atomic E-state index is 0.581. The quantitative estimate of drug-likeness (QED) is 0.455.